The van der Waals surface area contributed by atoms with Crippen LogP contribution in [0.25, 0.3) is 10.8 Å². The van der Waals surface area contributed by atoms with Crippen molar-refractivity contribution in [3.63, 3.8) is 0 Å². The van der Waals surface area contributed by atoms with E-state index in [1.165, 1.54) is 0 Å². The topological polar surface area (TPSA) is 84.3 Å². The number of aromatic nitrogens is 1. The number of hydrogen-bond donors (Lipinski definition) is 2. The van der Waals surface area contributed by atoms with Crippen molar-refractivity contribution in [1.82, 2.24) is 14.8 Å². The number of nitrogens with one attached hydrogen (secondary N) is 2. The highest BCUT2D eigenvalue weighted by atomic mass is 79.9. The number of carbonyl (C=O) groups is 1. The predicted octanol–water partition coefficient (Wildman–Crippen LogP) is 4.19. The molecule has 0 atom stereocenters. The molecule has 0 aliphatic carbocycles. The number of fused-ring (bicyclic) bond motifs is 1. The molecule has 32 heavy (non-hydrogen) atoms. The van der Waals surface area contributed by atoms with Crippen molar-refractivity contribution in [2.75, 3.05) is 50.4 Å². The maximum Gasteiger partial charge on any atom is 0.225 e. The van der Waals surface area contributed by atoms with Crippen LogP contribution in [0.5, 0.6) is 0 Å². The van der Waals surface area contributed by atoms with Gasteiger partial charge in [0, 0.05) is 72.0 Å². The van der Waals surface area contributed by atoms with Crippen LogP contribution >= 0.6 is 15.9 Å². The Hall–Kier alpha value is -2.99. The fourth-order valence-corrected chi connectivity index (χ4v) is 4.17. The molecule has 2 N–H and O–H groups in total. The van der Waals surface area contributed by atoms with Gasteiger partial charge < -0.3 is 20.4 Å². The first-order chi connectivity index (χ1) is 15.5. The summed E-state index contributed by atoms with van der Waals surface area (Å²) in [6.45, 7) is 4.81. The van der Waals surface area contributed by atoms with Gasteiger partial charge in [-0.05, 0) is 37.4 Å². The molecule has 8 heteroatoms. The Morgan fingerprint density at radius 1 is 1.12 bits per heavy atom. The van der Waals surface area contributed by atoms with Crippen molar-refractivity contribution in [2.45, 2.75) is 6.42 Å². The zero-order valence-corrected chi connectivity index (χ0v) is 19.5. The average molecular weight is 493 g/mol. The number of piperazine rings is 1. The second-order valence-corrected chi connectivity index (χ2v) is 8.89. The first kappa shape index (κ1) is 22.2. The van der Waals surface area contributed by atoms with Gasteiger partial charge in [-0.1, -0.05) is 28.1 Å². The molecule has 1 aromatic heterocycles. The van der Waals surface area contributed by atoms with E-state index in [9.17, 15) is 10.1 Å². The van der Waals surface area contributed by atoms with Gasteiger partial charge in [-0.2, -0.15) is 5.26 Å². The number of nitrogens with zero attached hydrogens (tertiary/aromatic N) is 4. The van der Waals surface area contributed by atoms with E-state index in [4.69, 9.17) is 0 Å². The number of carbonyl (C=O) groups excluding carboxylic acids is 1. The monoisotopic (exact) mass is 492 g/mol. The Morgan fingerprint density at radius 2 is 1.94 bits per heavy atom. The van der Waals surface area contributed by atoms with Crippen LogP contribution in [0.15, 0.2) is 53.1 Å². The van der Waals surface area contributed by atoms with Gasteiger partial charge in [-0.15, -0.1) is 0 Å². The van der Waals surface area contributed by atoms with Crippen LogP contribution in [0.3, 0.4) is 0 Å². The second kappa shape index (κ2) is 10.1. The number of likely N-dealkylation sites (N-methyl/N-ethyl adjacent to an activating group) is 1. The lowest BCUT2D eigenvalue weighted by Crippen LogP contribution is -2.45. The van der Waals surface area contributed by atoms with Crippen LogP contribution in [0.2, 0.25) is 0 Å². The molecular formula is C24H25BrN6O. The largest absolute Gasteiger partial charge is 0.340 e. The molecule has 0 spiro atoms. The maximum absolute atomic E-state index is 12.6. The lowest BCUT2D eigenvalue weighted by Gasteiger charge is -2.32. The van der Waals surface area contributed by atoms with Gasteiger partial charge in [-0.25, -0.2) is 4.98 Å². The molecule has 7 nitrogen and oxygen atoms in total. The van der Waals surface area contributed by atoms with Gasteiger partial charge in [-0.3, -0.25) is 4.79 Å². The number of nitriles is 1. The summed E-state index contributed by atoms with van der Waals surface area (Å²) in [6, 6.07) is 15.5. The average Bonchev–Trinajstić information content (AvgIpc) is 2.79. The number of amides is 1. The Labute approximate surface area is 196 Å². The fraction of sp³-hybridized carbons (Fsp3) is 0.292. The number of anilines is 3. The van der Waals surface area contributed by atoms with E-state index < -0.39 is 0 Å². The molecule has 2 aromatic carbocycles. The third kappa shape index (κ3) is 5.43. The van der Waals surface area contributed by atoms with Gasteiger partial charge in [0.25, 0.3) is 0 Å². The van der Waals surface area contributed by atoms with Gasteiger partial charge in [0.05, 0.1) is 5.56 Å². The molecule has 1 aliphatic rings. The molecule has 1 aliphatic heterocycles. The summed E-state index contributed by atoms with van der Waals surface area (Å²) in [5.74, 6) is 0.611. The zero-order valence-electron chi connectivity index (χ0n) is 17.9. The Morgan fingerprint density at radius 3 is 2.69 bits per heavy atom. The summed E-state index contributed by atoms with van der Waals surface area (Å²) in [6.07, 6.45) is 2.01. The number of benzene rings is 2. The number of hydrogen-bond acceptors (Lipinski definition) is 6. The highest BCUT2D eigenvalue weighted by Gasteiger charge is 2.15. The Bertz CT molecular complexity index is 1170. The van der Waals surface area contributed by atoms with Crippen molar-refractivity contribution < 1.29 is 4.79 Å². The molecule has 2 heterocycles. The smallest absolute Gasteiger partial charge is 0.225 e. The minimum Gasteiger partial charge on any atom is -0.340 e. The van der Waals surface area contributed by atoms with Crippen LogP contribution in [0.1, 0.15) is 12.0 Å². The first-order valence-corrected chi connectivity index (χ1v) is 11.4. The summed E-state index contributed by atoms with van der Waals surface area (Å²) in [7, 11) is 2.12. The second-order valence-electron chi connectivity index (χ2n) is 7.97. The van der Waals surface area contributed by atoms with Crippen molar-refractivity contribution in [2.24, 2.45) is 0 Å². The molecule has 1 amide bonds. The third-order valence-electron chi connectivity index (χ3n) is 5.63. The van der Waals surface area contributed by atoms with Gasteiger partial charge >= 0.3 is 0 Å². The number of pyridine rings is 1. The predicted molar refractivity (Wildman–Crippen MR) is 131 cm³/mol. The molecule has 1 saturated heterocycles. The molecule has 0 bridgehead atoms. The Kier molecular flexibility index (Phi) is 7.00. The van der Waals surface area contributed by atoms with Crippen molar-refractivity contribution in [1.29, 1.82) is 5.26 Å². The normalized spacial score (nSPS) is 14.8. The number of halogens is 1. The van der Waals surface area contributed by atoms with E-state index >= 15 is 0 Å². The van der Waals surface area contributed by atoms with Gasteiger partial charge in [0.15, 0.2) is 0 Å². The first-order valence-electron chi connectivity index (χ1n) is 10.6. The molecular weight excluding hydrogens is 468 g/mol. The SMILES string of the molecule is CN1CCN(CCC(=O)Nc2ccc3c(C#N)cnc(Nc4cccc(Br)c4)c3c2)CC1. The summed E-state index contributed by atoms with van der Waals surface area (Å²) < 4.78 is 0.953. The molecule has 4 rings (SSSR count). The highest BCUT2D eigenvalue weighted by molar-refractivity contribution is 9.10. The highest BCUT2D eigenvalue weighted by Crippen LogP contribution is 2.30. The standard InChI is InChI=1S/C24H25BrN6O/c1-30-9-11-31(12-10-30)8-7-23(32)28-20-5-6-21-17(15-26)16-27-24(22(21)14-20)29-19-4-2-3-18(25)13-19/h2-6,13-14,16H,7-12H2,1H3,(H,27,29)(H,28,32). The molecule has 0 unspecified atom stereocenters. The summed E-state index contributed by atoms with van der Waals surface area (Å²) >= 11 is 3.48. The van der Waals surface area contributed by atoms with Crippen LogP contribution in [-0.4, -0.2) is 60.5 Å². The fourth-order valence-electron chi connectivity index (χ4n) is 3.77. The molecule has 0 saturated carbocycles. The Balaban J connectivity index is 1.51. The van der Waals surface area contributed by atoms with Crippen LogP contribution in [0, 0.1) is 11.3 Å². The van der Waals surface area contributed by atoms with Crippen molar-refractivity contribution in [3.8, 4) is 6.07 Å². The van der Waals surface area contributed by atoms with Gasteiger partial charge in [0.2, 0.25) is 5.91 Å². The van der Waals surface area contributed by atoms with Crippen LogP contribution < -0.4 is 10.6 Å². The van der Waals surface area contributed by atoms with E-state index in [0.29, 0.717) is 23.5 Å². The minimum atomic E-state index is -0.0193. The minimum absolute atomic E-state index is 0.0193. The van der Waals surface area contributed by atoms with E-state index in [1.54, 1.807) is 6.20 Å². The zero-order chi connectivity index (χ0) is 22.5. The lowest BCUT2D eigenvalue weighted by atomic mass is 10.1. The summed E-state index contributed by atoms with van der Waals surface area (Å²) in [5.41, 5.74) is 2.06. The van der Waals surface area contributed by atoms with E-state index in [1.807, 2.05) is 42.5 Å². The van der Waals surface area contributed by atoms with Crippen LogP contribution in [0.4, 0.5) is 17.2 Å². The third-order valence-corrected chi connectivity index (χ3v) is 6.12. The summed E-state index contributed by atoms with van der Waals surface area (Å²) in [5, 5.41) is 17.4. The van der Waals surface area contributed by atoms with Crippen molar-refractivity contribution in [3.05, 3.63) is 58.7 Å². The summed E-state index contributed by atoms with van der Waals surface area (Å²) in [4.78, 5) is 21.6. The molecule has 0 radical (unpaired) electrons. The lowest BCUT2D eigenvalue weighted by molar-refractivity contribution is -0.116. The van der Waals surface area contributed by atoms with E-state index in [2.05, 4.69) is 54.5 Å². The van der Waals surface area contributed by atoms with E-state index in [0.717, 1.165) is 53.7 Å². The maximum atomic E-state index is 12.6. The molecule has 164 valence electrons. The van der Waals surface area contributed by atoms with Crippen molar-refractivity contribution >= 4 is 49.8 Å². The van der Waals surface area contributed by atoms with Crippen LogP contribution in [-0.2, 0) is 4.79 Å². The van der Waals surface area contributed by atoms with E-state index in [-0.39, 0.29) is 5.91 Å². The van der Waals surface area contributed by atoms with Gasteiger partial charge in [0.1, 0.15) is 11.9 Å². The quantitative estimate of drug-likeness (QED) is 0.536. The molecule has 1 fully saturated rings. The number of rotatable bonds is 6. The molecule has 3 aromatic rings.